The van der Waals surface area contributed by atoms with E-state index in [2.05, 4.69) is 20.6 Å². The van der Waals surface area contributed by atoms with Crippen LogP contribution >= 0.6 is 11.3 Å². The highest BCUT2D eigenvalue weighted by atomic mass is 32.1. The van der Waals surface area contributed by atoms with Gasteiger partial charge in [0.15, 0.2) is 0 Å². The van der Waals surface area contributed by atoms with Crippen LogP contribution in [-0.2, 0) is 11.3 Å². The Kier molecular flexibility index (Phi) is 4.03. The molecule has 0 bridgehead atoms. The summed E-state index contributed by atoms with van der Waals surface area (Å²) in [5.74, 6) is 0.155. The van der Waals surface area contributed by atoms with Crippen molar-refractivity contribution in [1.82, 2.24) is 20.6 Å². The number of aromatic nitrogens is 2. The third kappa shape index (κ3) is 3.20. The van der Waals surface area contributed by atoms with Crippen molar-refractivity contribution in [3.8, 4) is 10.7 Å². The molecule has 2 N–H and O–H groups in total. The SMILES string of the molecule is O=C1CCC(CNCc2csc(-c3ccccn3)n2)N1. The minimum atomic E-state index is 0.155. The summed E-state index contributed by atoms with van der Waals surface area (Å²) in [5.41, 5.74) is 1.92. The van der Waals surface area contributed by atoms with Crippen LogP contribution in [0.4, 0.5) is 0 Å². The van der Waals surface area contributed by atoms with Gasteiger partial charge in [-0.2, -0.15) is 0 Å². The van der Waals surface area contributed by atoms with E-state index in [-0.39, 0.29) is 11.9 Å². The van der Waals surface area contributed by atoms with E-state index in [1.54, 1.807) is 17.5 Å². The Balaban J connectivity index is 1.52. The average molecular weight is 288 g/mol. The van der Waals surface area contributed by atoms with Crippen LogP contribution in [0.25, 0.3) is 10.7 Å². The molecule has 1 aliphatic heterocycles. The molecule has 3 heterocycles. The van der Waals surface area contributed by atoms with Crippen molar-refractivity contribution in [3.05, 3.63) is 35.5 Å². The number of carbonyl (C=O) groups is 1. The van der Waals surface area contributed by atoms with Crippen molar-refractivity contribution in [2.24, 2.45) is 0 Å². The van der Waals surface area contributed by atoms with Gasteiger partial charge >= 0.3 is 0 Å². The molecule has 1 aliphatic rings. The van der Waals surface area contributed by atoms with Crippen LogP contribution in [0.1, 0.15) is 18.5 Å². The molecule has 5 nitrogen and oxygen atoms in total. The molecule has 104 valence electrons. The van der Waals surface area contributed by atoms with E-state index in [0.717, 1.165) is 35.9 Å². The molecule has 0 spiro atoms. The first-order valence-corrected chi connectivity index (χ1v) is 7.55. The summed E-state index contributed by atoms with van der Waals surface area (Å²) in [6.07, 6.45) is 3.34. The van der Waals surface area contributed by atoms with E-state index in [0.29, 0.717) is 6.42 Å². The fourth-order valence-corrected chi connectivity index (χ4v) is 3.00. The van der Waals surface area contributed by atoms with Crippen LogP contribution < -0.4 is 10.6 Å². The van der Waals surface area contributed by atoms with Gasteiger partial charge in [-0.05, 0) is 18.6 Å². The van der Waals surface area contributed by atoms with Crippen LogP contribution in [0.2, 0.25) is 0 Å². The minimum absolute atomic E-state index is 0.155. The van der Waals surface area contributed by atoms with E-state index in [9.17, 15) is 4.79 Å². The summed E-state index contributed by atoms with van der Waals surface area (Å²) < 4.78 is 0. The lowest BCUT2D eigenvalue weighted by molar-refractivity contribution is -0.119. The van der Waals surface area contributed by atoms with Gasteiger partial charge in [0.1, 0.15) is 5.01 Å². The standard InChI is InChI=1S/C14H16N4OS/c19-13-5-4-10(17-13)7-15-8-11-9-20-14(18-11)12-3-1-2-6-16-12/h1-3,6,9-10,15H,4-5,7-8H2,(H,17,19). The highest BCUT2D eigenvalue weighted by molar-refractivity contribution is 7.13. The maximum atomic E-state index is 11.1. The van der Waals surface area contributed by atoms with Gasteiger partial charge < -0.3 is 10.6 Å². The summed E-state index contributed by atoms with van der Waals surface area (Å²) in [7, 11) is 0. The third-order valence-electron chi connectivity index (χ3n) is 3.22. The van der Waals surface area contributed by atoms with E-state index in [1.807, 2.05) is 23.6 Å². The Morgan fingerprint density at radius 3 is 3.15 bits per heavy atom. The van der Waals surface area contributed by atoms with Crippen LogP contribution in [0.5, 0.6) is 0 Å². The fourth-order valence-electron chi connectivity index (χ4n) is 2.20. The highest BCUT2D eigenvalue weighted by Gasteiger charge is 2.19. The Labute approximate surface area is 121 Å². The van der Waals surface area contributed by atoms with Crippen molar-refractivity contribution in [2.75, 3.05) is 6.54 Å². The fraction of sp³-hybridized carbons (Fsp3) is 0.357. The second-order valence-electron chi connectivity index (χ2n) is 4.79. The summed E-state index contributed by atoms with van der Waals surface area (Å²) in [5, 5.41) is 9.27. The zero-order valence-corrected chi connectivity index (χ0v) is 11.8. The Morgan fingerprint density at radius 2 is 2.40 bits per heavy atom. The Hall–Kier alpha value is -1.79. The molecule has 2 aromatic heterocycles. The van der Waals surface area contributed by atoms with Gasteiger partial charge in [0.25, 0.3) is 0 Å². The summed E-state index contributed by atoms with van der Waals surface area (Å²) in [6.45, 7) is 1.51. The van der Waals surface area contributed by atoms with Gasteiger partial charge in [-0.1, -0.05) is 6.07 Å². The van der Waals surface area contributed by atoms with E-state index in [4.69, 9.17) is 0 Å². The van der Waals surface area contributed by atoms with Gasteiger partial charge in [-0.3, -0.25) is 9.78 Å². The smallest absolute Gasteiger partial charge is 0.220 e. The van der Waals surface area contributed by atoms with Gasteiger partial charge in [-0.15, -0.1) is 11.3 Å². The first-order valence-electron chi connectivity index (χ1n) is 6.67. The number of carbonyl (C=O) groups excluding carboxylic acids is 1. The van der Waals surface area contributed by atoms with Crippen LogP contribution in [0, 0.1) is 0 Å². The van der Waals surface area contributed by atoms with Crippen molar-refractivity contribution < 1.29 is 4.79 Å². The Bertz CT molecular complexity index is 584. The zero-order chi connectivity index (χ0) is 13.8. The number of pyridine rings is 1. The van der Waals surface area contributed by atoms with E-state index in [1.165, 1.54) is 0 Å². The van der Waals surface area contributed by atoms with Crippen molar-refractivity contribution in [3.63, 3.8) is 0 Å². The highest BCUT2D eigenvalue weighted by Crippen LogP contribution is 2.21. The minimum Gasteiger partial charge on any atom is -0.352 e. The topological polar surface area (TPSA) is 66.9 Å². The average Bonchev–Trinajstić information content (AvgIpc) is 3.09. The van der Waals surface area contributed by atoms with Crippen molar-refractivity contribution >= 4 is 17.2 Å². The first-order chi connectivity index (χ1) is 9.81. The second kappa shape index (κ2) is 6.11. The number of hydrogen-bond donors (Lipinski definition) is 2. The second-order valence-corrected chi connectivity index (χ2v) is 5.65. The molecule has 3 rings (SSSR count). The molecule has 0 aromatic carbocycles. The predicted molar refractivity (Wildman–Crippen MR) is 78.2 cm³/mol. The molecule has 1 atom stereocenters. The largest absolute Gasteiger partial charge is 0.352 e. The summed E-state index contributed by atoms with van der Waals surface area (Å²) in [4.78, 5) is 20.0. The first kappa shape index (κ1) is 13.2. The van der Waals surface area contributed by atoms with E-state index < -0.39 is 0 Å². The van der Waals surface area contributed by atoms with Gasteiger partial charge in [0.05, 0.1) is 11.4 Å². The quantitative estimate of drug-likeness (QED) is 0.876. The van der Waals surface area contributed by atoms with Gasteiger partial charge in [-0.25, -0.2) is 4.98 Å². The van der Waals surface area contributed by atoms with E-state index >= 15 is 0 Å². The molecule has 0 saturated carbocycles. The summed E-state index contributed by atoms with van der Waals surface area (Å²) >= 11 is 1.60. The number of nitrogens with one attached hydrogen (secondary N) is 2. The number of nitrogens with zero attached hydrogens (tertiary/aromatic N) is 2. The molecular formula is C14H16N4OS. The molecule has 2 aromatic rings. The predicted octanol–water partition coefficient (Wildman–Crippen LogP) is 1.57. The molecule has 1 saturated heterocycles. The Morgan fingerprint density at radius 1 is 1.45 bits per heavy atom. The zero-order valence-electron chi connectivity index (χ0n) is 11.0. The van der Waals surface area contributed by atoms with Crippen molar-refractivity contribution in [1.29, 1.82) is 0 Å². The third-order valence-corrected chi connectivity index (χ3v) is 4.13. The number of amides is 1. The lowest BCUT2D eigenvalue weighted by atomic mass is 10.2. The maximum absolute atomic E-state index is 11.1. The number of rotatable bonds is 5. The molecule has 0 aliphatic carbocycles. The molecule has 1 amide bonds. The van der Waals surface area contributed by atoms with Gasteiger partial charge in [0.2, 0.25) is 5.91 Å². The van der Waals surface area contributed by atoms with Crippen LogP contribution in [0.15, 0.2) is 29.8 Å². The van der Waals surface area contributed by atoms with Crippen LogP contribution in [0.3, 0.4) is 0 Å². The summed E-state index contributed by atoms with van der Waals surface area (Å²) in [6, 6.07) is 6.08. The lowest BCUT2D eigenvalue weighted by Crippen LogP contribution is -2.35. The number of hydrogen-bond acceptors (Lipinski definition) is 5. The maximum Gasteiger partial charge on any atom is 0.220 e. The van der Waals surface area contributed by atoms with Crippen molar-refractivity contribution in [2.45, 2.75) is 25.4 Å². The molecular weight excluding hydrogens is 272 g/mol. The molecule has 20 heavy (non-hydrogen) atoms. The molecule has 0 radical (unpaired) electrons. The van der Waals surface area contributed by atoms with Crippen LogP contribution in [-0.4, -0.2) is 28.5 Å². The normalized spacial score (nSPS) is 18.2. The monoisotopic (exact) mass is 288 g/mol. The lowest BCUT2D eigenvalue weighted by Gasteiger charge is -2.09. The molecule has 1 fully saturated rings. The molecule has 1 unspecified atom stereocenters. The number of thiazole rings is 1. The van der Waals surface area contributed by atoms with Gasteiger partial charge in [0, 0.05) is 37.1 Å². The molecule has 6 heteroatoms.